The topological polar surface area (TPSA) is 54.9 Å². The van der Waals surface area contributed by atoms with Crippen molar-refractivity contribution in [2.75, 3.05) is 47.0 Å². The van der Waals surface area contributed by atoms with Crippen LogP contribution in [-0.2, 0) is 33.8 Å². The van der Waals surface area contributed by atoms with Crippen LogP contribution < -0.4 is 0 Å². The van der Waals surface area contributed by atoms with Crippen molar-refractivity contribution in [1.29, 1.82) is 0 Å². The minimum atomic E-state index is -0.0160. The number of rotatable bonds is 6. The Morgan fingerprint density at radius 3 is 3.08 bits per heavy atom. The number of ether oxygens (including phenoxy) is 2. The minimum absolute atomic E-state index is 0.0160. The number of pyridine rings is 1. The lowest BCUT2D eigenvalue weighted by Gasteiger charge is -2.31. The fourth-order valence-corrected chi connectivity index (χ4v) is 3.38. The van der Waals surface area contributed by atoms with Crippen molar-refractivity contribution in [3.8, 4) is 0 Å². The lowest BCUT2D eigenvalue weighted by atomic mass is 9.96. The zero-order valence-corrected chi connectivity index (χ0v) is 14.7. The molecule has 0 bridgehead atoms. The van der Waals surface area contributed by atoms with Gasteiger partial charge in [-0.25, -0.2) is 0 Å². The van der Waals surface area contributed by atoms with Crippen LogP contribution in [0, 0.1) is 5.92 Å². The molecule has 0 N–H and O–H groups in total. The molecule has 6 heteroatoms. The van der Waals surface area contributed by atoms with Gasteiger partial charge in [0.1, 0.15) is 6.61 Å². The van der Waals surface area contributed by atoms with E-state index in [9.17, 15) is 4.79 Å². The Balaban J connectivity index is 1.56. The molecule has 1 amide bonds. The number of carbonyl (C=O) groups excluding carboxylic acids is 1. The van der Waals surface area contributed by atoms with Gasteiger partial charge in [0.2, 0.25) is 5.91 Å². The van der Waals surface area contributed by atoms with Crippen molar-refractivity contribution < 1.29 is 14.3 Å². The molecule has 0 spiro atoms. The molecule has 0 saturated carbocycles. The van der Waals surface area contributed by atoms with Crippen molar-refractivity contribution in [2.24, 2.45) is 5.92 Å². The number of aromatic nitrogens is 1. The highest BCUT2D eigenvalue weighted by Gasteiger charge is 2.24. The van der Waals surface area contributed by atoms with Crippen molar-refractivity contribution in [3.63, 3.8) is 0 Å². The summed E-state index contributed by atoms with van der Waals surface area (Å²) >= 11 is 0. The molecular formula is C18H27N3O3. The van der Waals surface area contributed by atoms with E-state index in [1.165, 1.54) is 17.5 Å². The van der Waals surface area contributed by atoms with Crippen molar-refractivity contribution in [3.05, 3.63) is 29.1 Å². The van der Waals surface area contributed by atoms with Crippen LogP contribution >= 0.6 is 0 Å². The summed E-state index contributed by atoms with van der Waals surface area (Å²) in [4.78, 5) is 20.0. The number of carbonyl (C=O) groups is 1. The minimum Gasteiger partial charge on any atom is -0.381 e. The van der Waals surface area contributed by atoms with E-state index in [1.54, 1.807) is 19.0 Å². The highest BCUT2D eigenvalue weighted by molar-refractivity contribution is 5.76. The summed E-state index contributed by atoms with van der Waals surface area (Å²) in [6.07, 6.45) is 6.04. The first-order chi connectivity index (χ1) is 11.6. The van der Waals surface area contributed by atoms with Gasteiger partial charge < -0.3 is 14.4 Å². The molecule has 0 unspecified atom stereocenters. The highest BCUT2D eigenvalue weighted by Crippen LogP contribution is 2.24. The molecule has 1 aromatic heterocycles. The molecule has 1 fully saturated rings. The van der Waals surface area contributed by atoms with Crippen LogP contribution in [0.5, 0.6) is 0 Å². The molecule has 1 saturated heterocycles. The number of amides is 1. The number of hydrogen-bond acceptors (Lipinski definition) is 5. The molecule has 6 nitrogen and oxygen atoms in total. The van der Waals surface area contributed by atoms with Crippen LogP contribution in [0.3, 0.4) is 0 Å². The number of hydrogen-bond donors (Lipinski definition) is 0. The zero-order valence-electron chi connectivity index (χ0n) is 14.7. The molecular weight excluding hydrogens is 306 g/mol. The maximum Gasteiger partial charge on any atom is 0.248 e. The van der Waals surface area contributed by atoms with E-state index in [4.69, 9.17) is 9.47 Å². The largest absolute Gasteiger partial charge is 0.381 e. The lowest BCUT2D eigenvalue weighted by Crippen LogP contribution is -2.35. The highest BCUT2D eigenvalue weighted by atomic mass is 16.5. The average molecular weight is 333 g/mol. The summed E-state index contributed by atoms with van der Waals surface area (Å²) < 4.78 is 11.1. The lowest BCUT2D eigenvalue weighted by molar-refractivity contribution is -0.133. The molecule has 24 heavy (non-hydrogen) atoms. The van der Waals surface area contributed by atoms with E-state index in [-0.39, 0.29) is 12.5 Å². The SMILES string of the molecule is CN(C)C(=O)COCc1cncc2c1CCN(C[C@H]1CCOC1)C2. The van der Waals surface area contributed by atoms with Crippen LogP contribution in [0.2, 0.25) is 0 Å². The fraction of sp³-hybridized carbons (Fsp3) is 0.667. The Bertz CT molecular complexity index is 571. The maximum absolute atomic E-state index is 11.6. The third-order valence-corrected chi connectivity index (χ3v) is 4.83. The van der Waals surface area contributed by atoms with Gasteiger partial charge in [-0.05, 0) is 35.4 Å². The van der Waals surface area contributed by atoms with Crippen molar-refractivity contribution in [1.82, 2.24) is 14.8 Å². The predicted molar refractivity (Wildman–Crippen MR) is 90.5 cm³/mol. The van der Waals surface area contributed by atoms with Crippen LogP contribution in [0.15, 0.2) is 12.4 Å². The second kappa shape index (κ2) is 8.05. The predicted octanol–water partition coefficient (Wildman–Crippen LogP) is 1.08. The summed E-state index contributed by atoms with van der Waals surface area (Å²) in [5.41, 5.74) is 3.75. The molecule has 2 aliphatic rings. The second-order valence-electron chi connectivity index (χ2n) is 6.93. The quantitative estimate of drug-likeness (QED) is 0.780. The van der Waals surface area contributed by atoms with Gasteiger partial charge in [-0.3, -0.25) is 14.7 Å². The first-order valence-electron chi connectivity index (χ1n) is 8.66. The fourth-order valence-electron chi connectivity index (χ4n) is 3.38. The summed E-state index contributed by atoms with van der Waals surface area (Å²) in [7, 11) is 3.48. The maximum atomic E-state index is 11.6. The van der Waals surface area contributed by atoms with Gasteiger partial charge in [0.25, 0.3) is 0 Å². The van der Waals surface area contributed by atoms with Gasteiger partial charge in [0, 0.05) is 52.7 Å². The van der Waals surface area contributed by atoms with Gasteiger partial charge in [0.15, 0.2) is 0 Å². The Kier molecular flexibility index (Phi) is 5.81. The van der Waals surface area contributed by atoms with E-state index in [0.29, 0.717) is 12.5 Å². The van der Waals surface area contributed by atoms with Gasteiger partial charge in [-0.2, -0.15) is 0 Å². The Morgan fingerprint density at radius 2 is 2.33 bits per heavy atom. The van der Waals surface area contributed by atoms with Crippen molar-refractivity contribution in [2.45, 2.75) is 26.0 Å². The van der Waals surface area contributed by atoms with Gasteiger partial charge in [-0.1, -0.05) is 0 Å². The van der Waals surface area contributed by atoms with E-state index in [1.807, 2.05) is 12.4 Å². The van der Waals surface area contributed by atoms with Gasteiger partial charge >= 0.3 is 0 Å². The van der Waals surface area contributed by atoms with Gasteiger partial charge in [-0.15, -0.1) is 0 Å². The third kappa shape index (κ3) is 4.32. The van der Waals surface area contributed by atoms with E-state index in [0.717, 1.165) is 44.8 Å². The molecule has 1 aromatic rings. The number of nitrogens with zero attached hydrogens (tertiary/aromatic N) is 3. The van der Waals surface area contributed by atoms with Crippen LogP contribution in [0.1, 0.15) is 23.1 Å². The number of likely N-dealkylation sites (N-methyl/N-ethyl adjacent to an activating group) is 1. The molecule has 3 heterocycles. The summed E-state index contributed by atoms with van der Waals surface area (Å²) in [6.45, 7) is 5.49. The van der Waals surface area contributed by atoms with E-state index in [2.05, 4.69) is 9.88 Å². The summed E-state index contributed by atoms with van der Waals surface area (Å²) in [6, 6.07) is 0. The number of fused-ring (bicyclic) bond motifs is 1. The summed E-state index contributed by atoms with van der Waals surface area (Å²) in [5, 5.41) is 0. The van der Waals surface area contributed by atoms with Gasteiger partial charge in [0.05, 0.1) is 13.2 Å². The normalized spacial score (nSPS) is 20.8. The van der Waals surface area contributed by atoms with Crippen LogP contribution in [0.25, 0.3) is 0 Å². The Labute approximate surface area is 143 Å². The molecule has 3 rings (SSSR count). The van der Waals surface area contributed by atoms with Crippen LogP contribution in [0.4, 0.5) is 0 Å². The third-order valence-electron chi connectivity index (χ3n) is 4.83. The van der Waals surface area contributed by atoms with E-state index < -0.39 is 0 Å². The average Bonchev–Trinajstić information content (AvgIpc) is 3.07. The standard InChI is InChI=1S/C18H27N3O3/c1-20(2)18(22)13-24-12-16-8-19-7-15-10-21(5-3-17(15)16)9-14-4-6-23-11-14/h7-8,14H,3-6,9-13H2,1-2H3/t14-/m1/s1. The van der Waals surface area contributed by atoms with Crippen LogP contribution in [-0.4, -0.2) is 67.7 Å². The molecule has 132 valence electrons. The molecule has 0 aromatic carbocycles. The monoisotopic (exact) mass is 333 g/mol. The molecule has 0 aliphatic carbocycles. The smallest absolute Gasteiger partial charge is 0.248 e. The first-order valence-corrected chi connectivity index (χ1v) is 8.66. The zero-order chi connectivity index (χ0) is 16.9. The molecule has 0 radical (unpaired) electrons. The van der Waals surface area contributed by atoms with E-state index >= 15 is 0 Å². The molecule has 1 atom stereocenters. The molecule has 2 aliphatic heterocycles. The first kappa shape index (κ1) is 17.3. The summed E-state index contributed by atoms with van der Waals surface area (Å²) in [5.74, 6) is 0.654. The Morgan fingerprint density at radius 1 is 1.46 bits per heavy atom. The second-order valence-corrected chi connectivity index (χ2v) is 6.93. The van der Waals surface area contributed by atoms with Crippen molar-refractivity contribution >= 4 is 5.91 Å². The Hall–Kier alpha value is -1.50.